The molecular formula is C10H10FNO2. The van der Waals surface area contributed by atoms with Crippen molar-refractivity contribution >= 4 is 5.91 Å². The summed E-state index contributed by atoms with van der Waals surface area (Å²) < 4.78 is 18.0. The lowest BCUT2D eigenvalue weighted by Crippen LogP contribution is -2.28. The fourth-order valence-corrected chi connectivity index (χ4v) is 1.13. The largest absolute Gasteiger partial charge is 0.371 e. The number of carbonyl (C=O) groups excluding carboxylic acids is 1. The Labute approximate surface area is 80.9 Å². The second-order valence-electron chi connectivity index (χ2n) is 3.15. The Morgan fingerprint density at radius 2 is 2.29 bits per heavy atom. The van der Waals surface area contributed by atoms with Gasteiger partial charge in [0.05, 0.1) is 18.3 Å². The van der Waals surface area contributed by atoms with Crippen LogP contribution in [0.25, 0.3) is 0 Å². The minimum atomic E-state index is -0.498. The van der Waals surface area contributed by atoms with E-state index in [1.54, 1.807) is 12.1 Å². The quantitative estimate of drug-likeness (QED) is 0.730. The molecule has 0 radical (unpaired) electrons. The van der Waals surface area contributed by atoms with Gasteiger partial charge in [-0.3, -0.25) is 4.79 Å². The van der Waals surface area contributed by atoms with Crippen LogP contribution in [0.5, 0.6) is 0 Å². The molecule has 1 fully saturated rings. The number of ether oxygens (including phenoxy) is 1. The summed E-state index contributed by atoms with van der Waals surface area (Å²) in [5.74, 6) is -0.889. The number of hydrogen-bond acceptors (Lipinski definition) is 2. The van der Waals surface area contributed by atoms with Crippen LogP contribution < -0.4 is 5.32 Å². The first-order chi connectivity index (χ1) is 6.77. The van der Waals surface area contributed by atoms with E-state index in [0.717, 1.165) is 0 Å². The van der Waals surface area contributed by atoms with Gasteiger partial charge in [0.1, 0.15) is 5.82 Å². The average Bonchev–Trinajstić information content (AvgIpc) is 2.98. The van der Waals surface area contributed by atoms with Crippen LogP contribution in [0.4, 0.5) is 4.39 Å². The zero-order valence-electron chi connectivity index (χ0n) is 7.50. The summed E-state index contributed by atoms with van der Waals surface area (Å²) in [6.45, 7) is 1.13. The summed E-state index contributed by atoms with van der Waals surface area (Å²) in [5.41, 5.74) is 0.0770. The molecule has 2 rings (SSSR count). The van der Waals surface area contributed by atoms with Crippen molar-refractivity contribution in [1.82, 2.24) is 5.32 Å². The highest BCUT2D eigenvalue weighted by Crippen LogP contribution is 2.08. The molecule has 4 heteroatoms. The zero-order chi connectivity index (χ0) is 9.97. The highest BCUT2D eigenvalue weighted by molar-refractivity contribution is 5.94. The third kappa shape index (κ3) is 2.09. The average molecular weight is 195 g/mol. The van der Waals surface area contributed by atoms with Crippen LogP contribution >= 0.6 is 0 Å². The molecule has 1 heterocycles. The smallest absolute Gasteiger partial charge is 0.254 e. The second-order valence-corrected chi connectivity index (χ2v) is 3.15. The Balaban J connectivity index is 1.98. The van der Waals surface area contributed by atoms with Crippen LogP contribution in [0.15, 0.2) is 24.3 Å². The van der Waals surface area contributed by atoms with E-state index in [-0.39, 0.29) is 11.7 Å². The van der Waals surface area contributed by atoms with Crippen molar-refractivity contribution in [2.75, 3.05) is 13.2 Å². The predicted molar refractivity (Wildman–Crippen MR) is 48.5 cm³/mol. The molecule has 14 heavy (non-hydrogen) atoms. The third-order valence-electron chi connectivity index (χ3n) is 2.01. The van der Waals surface area contributed by atoms with Crippen LogP contribution in [0, 0.1) is 5.82 Å². The molecule has 0 saturated carbocycles. The molecule has 1 amide bonds. The first kappa shape index (κ1) is 9.15. The van der Waals surface area contributed by atoms with Gasteiger partial charge in [-0.25, -0.2) is 4.39 Å². The first-order valence-electron chi connectivity index (χ1n) is 4.41. The Bertz CT molecular complexity index is 350. The Kier molecular flexibility index (Phi) is 2.45. The molecule has 0 bridgehead atoms. The Hall–Kier alpha value is -1.42. The summed E-state index contributed by atoms with van der Waals surface area (Å²) in [6.07, 6.45) is 0.116. The van der Waals surface area contributed by atoms with E-state index < -0.39 is 11.7 Å². The van der Waals surface area contributed by atoms with E-state index >= 15 is 0 Å². The van der Waals surface area contributed by atoms with Crippen molar-refractivity contribution in [3.63, 3.8) is 0 Å². The molecule has 3 nitrogen and oxygen atoms in total. The van der Waals surface area contributed by atoms with Crippen LogP contribution in [0.1, 0.15) is 10.4 Å². The lowest BCUT2D eigenvalue weighted by atomic mass is 10.2. The molecule has 1 saturated heterocycles. The van der Waals surface area contributed by atoms with Crippen LogP contribution in [0.2, 0.25) is 0 Å². The van der Waals surface area contributed by atoms with E-state index in [4.69, 9.17) is 4.74 Å². The molecular weight excluding hydrogens is 185 g/mol. The van der Waals surface area contributed by atoms with Gasteiger partial charge in [0.2, 0.25) is 0 Å². The summed E-state index contributed by atoms with van der Waals surface area (Å²) in [4.78, 5) is 11.4. The van der Waals surface area contributed by atoms with Gasteiger partial charge in [-0.2, -0.15) is 0 Å². The fourth-order valence-electron chi connectivity index (χ4n) is 1.13. The number of amides is 1. The highest BCUT2D eigenvalue weighted by atomic mass is 19.1. The molecule has 1 aromatic rings. The third-order valence-corrected chi connectivity index (χ3v) is 2.01. The van der Waals surface area contributed by atoms with Crippen LogP contribution in [0.3, 0.4) is 0 Å². The van der Waals surface area contributed by atoms with Crippen molar-refractivity contribution in [2.24, 2.45) is 0 Å². The number of benzene rings is 1. The van der Waals surface area contributed by atoms with Gasteiger partial charge in [0, 0.05) is 6.54 Å². The van der Waals surface area contributed by atoms with Crippen molar-refractivity contribution in [1.29, 1.82) is 0 Å². The van der Waals surface area contributed by atoms with Gasteiger partial charge in [-0.15, -0.1) is 0 Å². The summed E-state index contributed by atoms with van der Waals surface area (Å²) in [5, 5.41) is 2.60. The topological polar surface area (TPSA) is 41.6 Å². The number of hydrogen-bond donors (Lipinski definition) is 1. The predicted octanol–water partition coefficient (Wildman–Crippen LogP) is 0.954. The van der Waals surface area contributed by atoms with Crippen molar-refractivity contribution in [3.05, 3.63) is 35.6 Å². The first-order valence-corrected chi connectivity index (χ1v) is 4.41. The monoisotopic (exact) mass is 195 g/mol. The number of rotatable bonds is 3. The number of epoxide rings is 1. The SMILES string of the molecule is O=C(NC[C@@H]1CO1)c1ccccc1F. The molecule has 1 aromatic carbocycles. The number of carbonyl (C=O) groups is 1. The minimum Gasteiger partial charge on any atom is -0.371 e. The van der Waals surface area contributed by atoms with Gasteiger partial charge in [-0.05, 0) is 12.1 Å². The molecule has 0 aliphatic carbocycles. The zero-order valence-corrected chi connectivity index (χ0v) is 7.50. The minimum absolute atomic E-state index is 0.0770. The molecule has 1 N–H and O–H groups in total. The second kappa shape index (κ2) is 3.75. The van der Waals surface area contributed by atoms with Crippen molar-refractivity contribution < 1.29 is 13.9 Å². The maximum absolute atomic E-state index is 13.1. The molecule has 0 spiro atoms. The molecule has 1 aliphatic heterocycles. The van der Waals surface area contributed by atoms with E-state index in [1.165, 1.54) is 12.1 Å². The standard InChI is InChI=1S/C10H10FNO2/c11-9-4-2-1-3-8(9)10(13)12-5-7-6-14-7/h1-4,7H,5-6H2,(H,12,13)/t7-/m1/s1. The maximum atomic E-state index is 13.1. The molecule has 0 unspecified atom stereocenters. The summed E-state index contributed by atoms with van der Waals surface area (Å²) in [6, 6.07) is 5.91. The van der Waals surface area contributed by atoms with Gasteiger partial charge in [0.25, 0.3) is 5.91 Å². The van der Waals surface area contributed by atoms with E-state index in [2.05, 4.69) is 5.32 Å². The van der Waals surface area contributed by atoms with Crippen LogP contribution in [-0.4, -0.2) is 25.2 Å². The van der Waals surface area contributed by atoms with Gasteiger partial charge < -0.3 is 10.1 Å². The van der Waals surface area contributed by atoms with Gasteiger partial charge in [0.15, 0.2) is 0 Å². The Morgan fingerprint density at radius 1 is 1.57 bits per heavy atom. The Morgan fingerprint density at radius 3 is 2.93 bits per heavy atom. The summed E-state index contributed by atoms with van der Waals surface area (Å²) >= 11 is 0. The highest BCUT2D eigenvalue weighted by Gasteiger charge is 2.23. The maximum Gasteiger partial charge on any atom is 0.254 e. The normalized spacial score (nSPS) is 19.1. The summed E-state index contributed by atoms with van der Waals surface area (Å²) in [7, 11) is 0. The van der Waals surface area contributed by atoms with Gasteiger partial charge >= 0.3 is 0 Å². The lowest BCUT2D eigenvalue weighted by Gasteiger charge is -2.03. The molecule has 0 aromatic heterocycles. The number of nitrogens with one attached hydrogen (secondary N) is 1. The van der Waals surface area contributed by atoms with Crippen LogP contribution in [-0.2, 0) is 4.74 Å². The van der Waals surface area contributed by atoms with Gasteiger partial charge in [-0.1, -0.05) is 12.1 Å². The number of halogens is 1. The molecule has 74 valence electrons. The molecule has 1 aliphatic rings. The fraction of sp³-hybridized carbons (Fsp3) is 0.300. The molecule has 1 atom stereocenters. The van der Waals surface area contributed by atoms with E-state index in [1.807, 2.05) is 0 Å². The van der Waals surface area contributed by atoms with Crippen molar-refractivity contribution in [3.8, 4) is 0 Å². The van der Waals surface area contributed by atoms with Crippen molar-refractivity contribution in [2.45, 2.75) is 6.10 Å². The van der Waals surface area contributed by atoms with E-state index in [9.17, 15) is 9.18 Å². The lowest BCUT2D eigenvalue weighted by molar-refractivity contribution is 0.0946. The van der Waals surface area contributed by atoms with E-state index in [0.29, 0.717) is 13.2 Å².